The Labute approximate surface area is 121 Å². The van der Waals surface area contributed by atoms with Gasteiger partial charge in [0.2, 0.25) is 0 Å². The maximum Gasteiger partial charge on any atom is 0.0669 e. The molecule has 0 saturated heterocycles. The first-order valence-corrected chi connectivity index (χ1v) is 7.26. The van der Waals surface area contributed by atoms with Crippen LogP contribution < -0.4 is 11.3 Å². The zero-order valence-electron chi connectivity index (χ0n) is 12.6. The van der Waals surface area contributed by atoms with Crippen molar-refractivity contribution in [2.24, 2.45) is 5.84 Å². The van der Waals surface area contributed by atoms with Gasteiger partial charge in [0.05, 0.1) is 17.4 Å². The van der Waals surface area contributed by atoms with E-state index in [1.54, 1.807) is 0 Å². The summed E-state index contributed by atoms with van der Waals surface area (Å²) in [5, 5.41) is 4.60. The number of nitrogens with two attached hydrogens (primary N) is 1. The van der Waals surface area contributed by atoms with E-state index in [9.17, 15) is 0 Å². The van der Waals surface area contributed by atoms with E-state index in [-0.39, 0.29) is 6.04 Å². The maximum atomic E-state index is 5.79. The van der Waals surface area contributed by atoms with E-state index in [1.165, 1.54) is 11.1 Å². The van der Waals surface area contributed by atoms with E-state index >= 15 is 0 Å². The van der Waals surface area contributed by atoms with Crippen molar-refractivity contribution in [3.05, 3.63) is 52.8 Å². The molecule has 0 radical (unpaired) electrons. The summed E-state index contributed by atoms with van der Waals surface area (Å²) in [6.45, 7) is 7.23. The average molecular weight is 272 g/mol. The molecule has 2 rings (SSSR count). The topological polar surface area (TPSA) is 55.9 Å². The molecule has 0 saturated carbocycles. The van der Waals surface area contributed by atoms with Gasteiger partial charge in [0, 0.05) is 6.54 Å². The fraction of sp³-hybridized carbons (Fsp3) is 0.438. The van der Waals surface area contributed by atoms with E-state index in [0.717, 1.165) is 30.8 Å². The number of aryl methyl sites for hydroxylation is 3. The standard InChI is InChI=1S/C16H24N4/c1-4-14-11-16(20(5-2)19-14)15(18-17)10-13-9-7-6-8-12(13)3/h6-9,11,15,18H,4-5,10,17H2,1-3H3. The Morgan fingerprint density at radius 2 is 2.05 bits per heavy atom. The maximum absolute atomic E-state index is 5.79. The van der Waals surface area contributed by atoms with Gasteiger partial charge in [-0.05, 0) is 43.9 Å². The highest BCUT2D eigenvalue weighted by atomic mass is 15.3. The summed E-state index contributed by atoms with van der Waals surface area (Å²) in [7, 11) is 0. The van der Waals surface area contributed by atoms with E-state index in [1.807, 2.05) is 4.68 Å². The summed E-state index contributed by atoms with van der Waals surface area (Å²) < 4.78 is 2.04. The number of rotatable bonds is 6. The van der Waals surface area contributed by atoms with Crippen LogP contribution in [0.5, 0.6) is 0 Å². The molecule has 1 atom stereocenters. The van der Waals surface area contributed by atoms with Crippen molar-refractivity contribution in [1.82, 2.24) is 15.2 Å². The SMILES string of the molecule is CCc1cc(C(Cc2ccccc2C)NN)n(CC)n1. The van der Waals surface area contributed by atoms with Crippen molar-refractivity contribution in [2.45, 2.75) is 46.2 Å². The van der Waals surface area contributed by atoms with Crippen LogP contribution in [0.1, 0.15) is 42.4 Å². The number of nitrogens with one attached hydrogen (secondary N) is 1. The van der Waals surface area contributed by atoms with Crippen LogP contribution in [0.4, 0.5) is 0 Å². The fourth-order valence-electron chi connectivity index (χ4n) is 2.50. The van der Waals surface area contributed by atoms with Crippen molar-refractivity contribution >= 4 is 0 Å². The van der Waals surface area contributed by atoms with Crippen LogP contribution >= 0.6 is 0 Å². The Hall–Kier alpha value is -1.65. The molecule has 1 aromatic heterocycles. The summed E-state index contributed by atoms with van der Waals surface area (Å²) >= 11 is 0. The van der Waals surface area contributed by atoms with Crippen LogP contribution in [-0.4, -0.2) is 9.78 Å². The normalized spacial score (nSPS) is 12.6. The van der Waals surface area contributed by atoms with Crippen molar-refractivity contribution in [3.63, 3.8) is 0 Å². The molecule has 3 N–H and O–H groups in total. The Bertz CT molecular complexity index is 559. The fourth-order valence-corrected chi connectivity index (χ4v) is 2.50. The van der Waals surface area contributed by atoms with Gasteiger partial charge >= 0.3 is 0 Å². The van der Waals surface area contributed by atoms with Gasteiger partial charge in [-0.1, -0.05) is 31.2 Å². The van der Waals surface area contributed by atoms with E-state index < -0.39 is 0 Å². The van der Waals surface area contributed by atoms with Crippen molar-refractivity contribution in [1.29, 1.82) is 0 Å². The zero-order valence-corrected chi connectivity index (χ0v) is 12.6. The lowest BCUT2D eigenvalue weighted by Gasteiger charge is -2.18. The molecule has 1 aromatic carbocycles. The minimum Gasteiger partial charge on any atom is -0.271 e. The highest BCUT2D eigenvalue weighted by molar-refractivity contribution is 5.28. The highest BCUT2D eigenvalue weighted by Gasteiger charge is 2.17. The Balaban J connectivity index is 2.28. The predicted molar refractivity (Wildman–Crippen MR) is 82.2 cm³/mol. The second kappa shape index (κ2) is 6.68. The van der Waals surface area contributed by atoms with Crippen molar-refractivity contribution in [3.8, 4) is 0 Å². The van der Waals surface area contributed by atoms with Gasteiger partial charge in [0.1, 0.15) is 0 Å². The third kappa shape index (κ3) is 3.08. The van der Waals surface area contributed by atoms with Crippen LogP contribution in [-0.2, 0) is 19.4 Å². The second-order valence-corrected chi connectivity index (χ2v) is 5.08. The number of aromatic nitrogens is 2. The van der Waals surface area contributed by atoms with Gasteiger partial charge in [0.15, 0.2) is 0 Å². The molecule has 0 amide bonds. The molecule has 4 nitrogen and oxygen atoms in total. The summed E-state index contributed by atoms with van der Waals surface area (Å²) in [6, 6.07) is 10.7. The number of hydrazine groups is 1. The largest absolute Gasteiger partial charge is 0.271 e. The molecule has 0 bridgehead atoms. The minimum atomic E-state index is 0.0869. The predicted octanol–water partition coefficient (Wildman–Crippen LogP) is 2.52. The van der Waals surface area contributed by atoms with Gasteiger partial charge in [-0.25, -0.2) is 0 Å². The van der Waals surface area contributed by atoms with Crippen LogP contribution in [0.2, 0.25) is 0 Å². The lowest BCUT2D eigenvalue weighted by molar-refractivity contribution is 0.489. The number of hydrogen-bond donors (Lipinski definition) is 2. The smallest absolute Gasteiger partial charge is 0.0669 e. The van der Waals surface area contributed by atoms with Gasteiger partial charge in [0.25, 0.3) is 0 Å². The molecule has 2 aromatic rings. The lowest BCUT2D eigenvalue weighted by Crippen LogP contribution is -2.31. The molecule has 1 unspecified atom stereocenters. The zero-order chi connectivity index (χ0) is 14.5. The van der Waals surface area contributed by atoms with Gasteiger partial charge in [-0.15, -0.1) is 0 Å². The lowest BCUT2D eigenvalue weighted by atomic mass is 9.99. The Morgan fingerprint density at radius 3 is 2.65 bits per heavy atom. The van der Waals surface area contributed by atoms with Crippen LogP contribution in [0, 0.1) is 6.92 Å². The van der Waals surface area contributed by atoms with Crippen LogP contribution in [0.15, 0.2) is 30.3 Å². The Kier molecular flexibility index (Phi) is 4.93. The van der Waals surface area contributed by atoms with Crippen molar-refractivity contribution in [2.75, 3.05) is 0 Å². The summed E-state index contributed by atoms with van der Waals surface area (Å²) in [4.78, 5) is 0. The molecule has 0 fully saturated rings. The third-order valence-electron chi connectivity index (χ3n) is 3.77. The quantitative estimate of drug-likeness (QED) is 0.627. The number of nitrogens with zero attached hydrogens (tertiary/aromatic N) is 2. The molecule has 4 heteroatoms. The molecule has 20 heavy (non-hydrogen) atoms. The summed E-state index contributed by atoms with van der Waals surface area (Å²) in [5.41, 5.74) is 7.84. The Morgan fingerprint density at radius 1 is 1.30 bits per heavy atom. The minimum absolute atomic E-state index is 0.0869. The first-order chi connectivity index (χ1) is 9.69. The second-order valence-electron chi connectivity index (χ2n) is 5.08. The van der Waals surface area contributed by atoms with Gasteiger partial charge < -0.3 is 0 Å². The monoisotopic (exact) mass is 272 g/mol. The highest BCUT2D eigenvalue weighted by Crippen LogP contribution is 2.21. The molecule has 0 spiro atoms. The molecule has 0 aliphatic carbocycles. The van der Waals surface area contributed by atoms with Gasteiger partial charge in [-0.3, -0.25) is 16.0 Å². The molecule has 0 aliphatic rings. The molecule has 1 heterocycles. The first-order valence-electron chi connectivity index (χ1n) is 7.26. The van der Waals surface area contributed by atoms with E-state index in [0.29, 0.717) is 0 Å². The molecular weight excluding hydrogens is 248 g/mol. The number of benzene rings is 1. The van der Waals surface area contributed by atoms with E-state index in [4.69, 9.17) is 5.84 Å². The van der Waals surface area contributed by atoms with Crippen LogP contribution in [0.25, 0.3) is 0 Å². The number of hydrogen-bond acceptors (Lipinski definition) is 3. The average Bonchev–Trinajstić information content (AvgIpc) is 2.89. The van der Waals surface area contributed by atoms with Gasteiger partial charge in [-0.2, -0.15) is 5.10 Å². The summed E-state index contributed by atoms with van der Waals surface area (Å²) in [6.07, 6.45) is 1.82. The van der Waals surface area contributed by atoms with Crippen LogP contribution in [0.3, 0.4) is 0 Å². The van der Waals surface area contributed by atoms with E-state index in [2.05, 4.69) is 61.6 Å². The molecule has 108 valence electrons. The van der Waals surface area contributed by atoms with Crippen molar-refractivity contribution < 1.29 is 0 Å². The molecular formula is C16H24N4. The third-order valence-corrected chi connectivity index (χ3v) is 3.77. The molecule has 0 aliphatic heterocycles. The first kappa shape index (κ1) is 14.8. The summed E-state index contributed by atoms with van der Waals surface area (Å²) in [5.74, 6) is 5.79.